The van der Waals surface area contributed by atoms with Crippen molar-refractivity contribution >= 4 is 21.6 Å². The maximum Gasteiger partial charge on any atom is 0.245 e. The first-order chi connectivity index (χ1) is 13.6. The van der Waals surface area contributed by atoms with Crippen molar-refractivity contribution < 1.29 is 17.6 Å². The second-order valence-electron chi connectivity index (χ2n) is 8.43. The average molecular weight is 419 g/mol. The number of benzene rings is 2. The Bertz CT molecular complexity index is 974. The van der Waals surface area contributed by atoms with Crippen molar-refractivity contribution in [3.8, 4) is 0 Å². The number of sulfonamides is 1. The Labute approximate surface area is 172 Å². The van der Waals surface area contributed by atoms with E-state index in [9.17, 15) is 17.6 Å². The van der Waals surface area contributed by atoms with Crippen molar-refractivity contribution in [2.45, 2.75) is 43.9 Å². The first kappa shape index (κ1) is 21.5. The third-order valence-electron chi connectivity index (χ3n) is 5.30. The number of nitrogens with one attached hydrogen (secondary N) is 1. The van der Waals surface area contributed by atoms with E-state index < -0.39 is 15.8 Å². The number of anilines is 1. The average Bonchev–Trinajstić information content (AvgIpc) is 2.68. The van der Waals surface area contributed by atoms with Crippen molar-refractivity contribution in [1.29, 1.82) is 0 Å². The van der Waals surface area contributed by atoms with Crippen molar-refractivity contribution in [2.24, 2.45) is 5.92 Å². The summed E-state index contributed by atoms with van der Waals surface area (Å²) < 4.78 is 40.5. The monoisotopic (exact) mass is 418 g/mol. The summed E-state index contributed by atoms with van der Waals surface area (Å²) >= 11 is 0. The van der Waals surface area contributed by atoms with Gasteiger partial charge in [0.2, 0.25) is 15.9 Å². The Morgan fingerprint density at radius 2 is 1.62 bits per heavy atom. The van der Waals surface area contributed by atoms with Crippen LogP contribution in [-0.4, -0.2) is 31.7 Å². The molecule has 1 aliphatic heterocycles. The summed E-state index contributed by atoms with van der Waals surface area (Å²) in [7, 11) is -3.89. The number of carbonyl (C=O) groups is 1. The lowest BCUT2D eigenvalue weighted by atomic mass is 9.87. The van der Waals surface area contributed by atoms with Crippen LogP contribution in [0, 0.1) is 11.7 Å². The second-order valence-corrected chi connectivity index (χ2v) is 10.3. The number of piperidine rings is 1. The molecule has 1 fully saturated rings. The molecule has 1 N–H and O–H groups in total. The highest BCUT2D eigenvalue weighted by atomic mass is 32.2. The van der Waals surface area contributed by atoms with Crippen LogP contribution in [0.4, 0.5) is 10.1 Å². The van der Waals surface area contributed by atoms with Crippen molar-refractivity contribution in [3.05, 3.63) is 59.9 Å². The molecule has 0 radical (unpaired) electrons. The van der Waals surface area contributed by atoms with Crippen LogP contribution >= 0.6 is 0 Å². The van der Waals surface area contributed by atoms with Crippen LogP contribution in [0.2, 0.25) is 0 Å². The topological polar surface area (TPSA) is 66.5 Å². The van der Waals surface area contributed by atoms with Gasteiger partial charge in [-0.2, -0.15) is 4.31 Å². The van der Waals surface area contributed by atoms with E-state index in [1.165, 1.54) is 28.1 Å². The summed E-state index contributed by atoms with van der Waals surface area (Å²) in [6.07, 6.45) is 0.805. The first-order valence-corrected chi connectivity index (χ1v) is 11.2. The third kappa shape index (κ3) is 4.85. The fraction of sp³-hybridized carbons (Fsp3) is 0.409. The standard InChI is InChI=1S/C22H27FN2O3S/c1-22(2,3)17-8-10-18(11-9-17)24-21(26)16-12-14-25(15-13-16)29(27,28)20-7-5-4-6-19(20)23/h4-11,16H,12-15H2,1-3H3,(H,24,26). The summed E-state index contributed by atoms with van der Waals surface area (Å²) in [4.78, 5) is 12.3. The fourth-order valence-electron chi connectivity index (χ4n) is 3.45. The van der Waals surface area contributed by atoms with Crippen molar-refractivity contribution in [2.75, 3.05) is 18.4 Å². The molecule has 2 aromatic carbocycles. The molecule has 0 spiro atoms. The third-order valence-corrected chi connectivity index (χ3v) is 7.23. The molecule has 2 aromatic rings. The number of hydrogen-bond donors (Lipinski definition) is 1. The van der Waals surface area contributed by atoms with Gasteiger partial charge in [-0.3, -0.25) is 4.79 Å². The number of amides is 1. The van der Waals surface area contributed by atoms with Gasteiger partial charge in [0.25, 0.3) is 0 Å². The summed E-state index contributed by atoms with van der Waals surface area (Å²) in [6.45, 7) is 6.77. The van der Waals surface area contributed by atoms with Gasteiger partial charge in [0.15, 0.2) is 0 Å². The molecule has 0 saturated carbocycles. The second kappa shape index (κ2) is 8.24. The highest BCUT2D eigenvalue weighted by molar-refractivity contribution is 7.89. The zero-order valence-corrected chi connectivity index (χ0v) is 17.8. The van der Waals surface area contributed by atoms with Gasteiger partial charge in [0.05, 0.1) is 0 Å². The molecule has 5 nitrogen and oxygen atoms in total. The molecular weight excluding hydrogens is 391 g/mol. The Kier molecular flexibility index (Phi) is 6.10. The predicted molar refractivity (Wildman–Crippen MR) is 112 cm³/mol. The van der Waals surface area contributed by atoms with Crippen LogP contribution in [0.3, 0.4) is 0 Å². The molecule has 0 atom stereocenters. The van der Waals surface area contributed by atoms with E-state index in [1.807, 2.05) is 24.3 Å². The number of carbonyl (C=O) groups excluding carboxylic acids is 1. The largest absolute Gasteiger partial charge is 0.326 e. The van der Waals surface area contributed by atoms with E-state index in [0.717, 1.165) is 11.8 Å². The van der Waals surface area contributed by atoms with Gasteiger partial charge in [-0.25, -0.2) is 12.8 Å². The van der Waals surface area contributed by atoms with Gasteiger partial charge < -0.3 is 5.32 Å². The highest BCUT2D eigenvalue weighted by Crippen LogP contribution is 2.27. The summed E-state index contributed by atoms with van der Waals surface area (Å²) in [5.74, 6) is -1.15. The van der Waals surface area contributed by atoms with Gasteiger partial charge >= 0.3 is 0 Å². The van der Waals surface area contributed by atoms with E-state index in [0.29, 0.717) is 12.8 Å². The molecule has 156 valence electrons. The highest BCUT2D eigenvalue weighted by Gasteiger charge is 2.33. The molecule has 1 amide bonds. The van der Waals surface area contributed by atoms with E-state index in [4.69, 9.17) is 0 Å². The zero-order valence-electron chi connectivity index (χ0n) is 17.0. The molecule has 3 rings (SSSR count). The van der Waals surface area contributed by atoms with Crippen LogP contribution in [0.25, 0.3) is 0 Å². The molecule has 0 aliphatic carbocycles. The summed E-state index contributed by atoms with van der Waals surface area (Å²) in [5.41, 5.74) is 1.95. The van der Waals surface area contributed by atoms with E-state index >= 15 is 0 Å². The SMILES string of the molecule is CC(C)(C)c1ccc(NC(=O)C2CCN(S(=O)(=O)c3ccccc3F)CC2)cc1. The number of halogens is 1. The molecule has 1 heterocycles. The number of hydrogen-bond acceptors (Lipinski definition) is 3. The Hall–Kier alpha value is -2.25. The molecule has 1 aliphatic rings. The van der Waals surface area contributed by atoms with Crippen LogP contribution in [0.15, 0.2) is 53.4 Å². The van der Waals surface area contributed by atoms with Gasteiger partial charge in [-0.15, -0.1) is 0 Å². The van der Waals surface area contributed by atoms with Crippen LogP contribution in [0.5, 0.6) is 0 Å². The van der Waals surface area contributed by atoms with Crippen molar-refractivity contribution in [1.82, 2.24) is 4.31 Å². The van der Waals surface area contributed by atoms with Gasteiger partial charge in [0, 0.05) is 24.7 Å². The molecular formula is C22H27FN2O3S. The normalized spacial score (nSPS) is 16.6. The zero-order chi connectivity index (χ0) is 21.2. The quantitative estimate of drug-likeness (QED) is 0.811. The molecule has 0 unspecified atom stereocenters. The molecule has 1 saturated heterocycles. The lowest BCUT2D eigenvalue weighted by molar-refractivity contribution is -0.120. The van der Waals surface area contributed by atoms with Gasteiger partial charge in [-0.1, -0.05) is 45.0 Å². The van der Waals surface area contributed by atoms with Crippen LogP contribution < -0.4 is 5.32 Å². The Morgan fingerprint density at radius 1 is 1.03 bits per heavy atom. The fourth-order valence-corrected chi connectivity index (χ4v) is 4.98. The summed E-state index contributed by atoms with van der Waals surface area (Å²) in [5, 5.41) is 2.92. The minimum absolute atomic E-state index is 0.0408. The molecule has 7 heteroatoms. The van der Waals surface area contributed by atoms with Crippen LogP contribution in [0.1, 0.15) is 39.2 Å². The lowest BCUT2D eigenvalue weighted by Crippen LogP contribution is -2.41. The molecule has 0 bridgehead atoms. The van der Waals surface area contributed by atoms with Crippen molar-refractivity contribution in [3.63, 3.8) is 0 Å². The predicted octanol–water partition coefficient (Wildman–Crippen LogP) is 4.16. The van der Waals surface area contributed by atoms with Crippen LogP contribution in [-0.2, 0) is 20.2 Å². The smallest absolute Gasteiger partial charge is 0.245 e. The first-order valence-electron chi connectivity index (χ1n) is 9.75. The van der Waals surface area contributed by atoms with E-state index in [-0.39, 0.29) is 35.2 Å². The molecule has 29 heavy (non-hydrogen) atoms. The van der Waals surface area contributed by atoms with Gasteiger partial charge in [0.1, 0.15) is 10.7 Å². The van der Waals surface area contributed by atoms with E-state index in [2.05, 4.69) is 26.1 Å². The maximum atomic E-state index is 13.9. The van der Waals surface area contributed by atoms with Gasteiger partial charge in [-0.05, 0) is 48.1 Å². The minimum atomic E-state index is -3.89. The number of nitrogens with zero attached hydrogens (tertiary/aromatic N) is 1. The molecule has 0 aromatic heterocycles. The number of rotatable bonds is 4. The Balaban J connectivity index is 1.60. The summed E-state index contributed by atoms with van der Waals surface area (Å²) in [6, 6.07) is 13.1. The lowest BCUT2D eigenvalue weighted by Gasteiger charge is -2.30. The Morgan fingerprint density at radius 3 is 2.17 bits per heavy atom. The maximum absolute atomic E-state index is 13.9. The minimum Gasteiger partial charge on any atom is -0.326 e. The van der Waals surface area contributed by atoms with E-state index in [1.54, 1.807) is 0 Å².